The molecule has 0 radical (unpaired) electrons. The Kier molecular flexibility index (Phi) is 7.72. The minimum absolute atomic E-state index is 0.0648. The molecule has 1 N–H and O–H groups in total. The van der Waals surface area contributed by atoms with Crippen molar-refractivity contribution >= 4 is 34.9 Å². The average Bonchev–Trinajstić information content (AvgIpc) is 3.53. The van der Waals surface area contributed by atoms with Crippen molar-refractivity contribution in [1.82, 2.24) is 4.90 Å². The van der Waals surface area contributed by atoms with Crippen molar-refractivity contribution in [3.63, 3.8) is 0 Å². The largest absolute Gasteiger partial charge is 0.492 e. The SMILES string of the molecule is O=C(O)[C@@H]1CCCN(CC(=O)N2CCc3cc(OCC4CC(c5ccccc5)=C(C(F)(F)F)S4)ccc32)C1. The number of rotatable bonds is 7. The molecule has 10 heteroatoms. The molecule has 3 aliphatic rings. The van der Waals surface area contributed by atoms with Gasteiger partial charge in [0.25, 0.3) is 0 Å². The number of aliphatic carboxylic acids is 1. The number of carbonyl (C=O) groups excluding carboxylic acids is 1. The maximum atomic E-state index is 13.7. The lowest BCUT2D eigenvalue weighted by atomic mass is 9.98. The number of carboxylic acids is 1. The summed E-state index contributed by atoms with van der Waals surface area (Å²) in [7, 11) is 0. The number of nitrogens with zero attached hydrogens (tertiary/aromatic N) is 2. The van der Waals surface area contributed by atoms with Crippen molar-refractivity contribution in [3.05, 3.63) is 64.6 Å². The molecule has 2 atom stereocenters. The summed E-state index contributed by atoms with van der Waals surface area (Å²) in [5.74, 6) is -0.754. The van der Waals surface area contributed by atoms with E-state index in [9.17, 15) is 27.9 Å². The maximum absolute atomic E-state index is 13.7. The van der Waals surface area contributed by atoms with E-state index in [4.69, 9.17) is 4.74 Å². The van der Waals surface area contributed by atoms with Crippen LogP contribution in [0.4, 0.5) is 18.9 Å². The number of thioether (sulfide) groups is 1. The summed E-state index contributed by atoms with van der Waals surface area (Å²) in [6.07, 6.45) is -2.08. The smallest absolute Gasteiger partial charge is 0.422 e. The molecule has 6 nitrogen and oxygen atoms in total. The van der Waals surface area contributed by atoms with E-state index in [1.165, 1.54) is 0 Å². The maximum Gasteiger partial charge on any atom is 0.422 e. The first-order chi connectivity index (χ1) is 18.2. The van der Waals surface area contributed by atoms with Gasteiger partial charge in [-0.15, -0.1) is 11.8 Å². The Labute approximate surface area is 223 Å². The highest BCUT2D eigenvalue weighted by molar-refractivity contribution is 8.04. The molecular weight excluding hydrogens is 517 g/mol. The van der Waals surface area contributed by atoms with E-state index < -0.39 is 23.0 Å². The third kappa shape index (κ3) is 5.86. The van der Waals surface area contributed by atoms with Crippen LogP contribution in [0.2, 0.25) is 0 Å². The fourth-order valence-corrected chi connectivity index (χ4v) is 6.61. The molecule has 3 heterocycles. The number of anilines is 1. The Morgan fingerprint density at radius 2 is 1.89 bits per heavy atom. The number of allylic oxidation sites excluding steroid dienone is 2. The van der Waals surface area contributed by atoms with E-state index in [1.54, 1.807) is 41.3 Å². The monoisotopic (exact) mass is 546 g/mol. The van der Waals surface area contributed by atoms with Crippen LogP contribution >= 0.6 is 11.8 Å². The van der Waals surface area contributed by atoms with Crippen molar-refractivity contribution in [2.24, 2.45) is 5.92 Å². The molecule has 1 unspecified atom stereocenters. The van der Waals surface area contributed by atoms with Crippen LogP contribution in [0.25, 0.3) is 5.57 Å². The van der Waals surface area contributed by atoms with Crippen LogP contribution < -0.4 is 9.64 Å². The first-order valence-corrected chi connectivity index (χ1v) is 13.6. The number of likely N-dealkylation sites (tertiary alicyclic amines) is 1. The van der Waals surface area contributed by atoms with Crippen LogP contribution in [-0.4, -0.2) is 66.1 Å². The zero-order chi connectivity index (χ0) is 26.9. The van der Waals surface area contributed by atoms with Gasteiger partial charge >= 0.3 is 12.1 Å². The lowest BCUT2D eigenvalue weighted by Crippen LogP contribution is -2.45. The summed E-state index contributed by atoms with van der Waals surface area (Å²) in [5.41, 5.74) is 2.65. The number of halogens is 3. The summed E-state index contributed by atoms with van der Waals surface area (Å²) in [5, 5.41) is 8.94. The van der Waals surface area contributed by atoms with E-state index in [-0.39, 0.29) is 30.7 Å². The summed E-state index contributed by atoms with van der Waals surface area (Å²) in [6.45, 7) is 1.94. The highest BCUT2D eigenvalue weighted by Gasteiger charge is 2.43. The standard InChI is InChI=1S/C28H29F3N2O4S/c29-28(30,31)26-23(18-5-2-1-3-6-18)14-22(38-26)17-37-21-8-9-24-19(13-21)10-12-33(24)25(34)16-32-11-4-7-20(15-32)27(35)36/h1-3,5-6,8-9,13,20,22H,4,7,10-12,14-17H2,(H,35,36)/t20-,22?/m1/s1. The van der Waals surface area contributed by atoms with Gasteiger partial charge in [-0.25, -0.2) is 0 Å². The van der Waals surface area contributed by atoms with Crippen LogP contribution in [0, 0.1) is 5.92 Å². The van der Waals surface area contributed by atoms with Gasteiger partial charge < -0.3 is 14.7 Å². The third-order valence-electron chi connectivity index (χ3n) is 7.27. The number of amides is 1. The predicted molar refractivity (Wildman–Crippen MR) is 140 cm³/mol. The Balaban J connectivity index is 1.19. The van der Waals surface area contributed by atoms with Gasteiger partial charge in [0.15, 0.2) is 0 Å². The second-order valence-electron chi connectivity index (χ2n) is 9.92. The Morgan fingerprint density at radius 3 is 2.63 bits per heavy atom. The zero-order valence-corrected chi connectivity index (χ0v) is 21.6. The van der Waals surface area contributed by atoms with Crippen LogP contribution in [-0.2, 0) is 16.0 Å². The molecule has 1 saturated heterocycles. The molecule has 0 saturated carbocycles. The third-order valence-corrected chi connectivity index (χ3v) is 8.62. The van der Waals surface area contributed by atoms with Gasteiger partial charge in [0, 0.05) is 24.0 Å². The molecule has 1 fully saturated rings. The first kappa shape index (κ1) is 26.6. The number of hydrogen-bond donors (Lipinski definition) is 1. The number of ether oxygens (including phenoxy) is 1. The lowest BCUT2D eigenvalue weighted by molar-refractivity contribution is -0.144. The van der Waals surface area contributed by atoms with Crippen molar-refractivity contribution < 1.29 is 32.6 Å². The number of hydrogen-bond acceptors (Lipinski definition) is 5. The summed E-state index contributed by atoms with van der Waals surface area (Å²) in [4.78, 5) is 27.4. The summed E-state index contributed by atoms with van der Waals surface area (Å²) >= 11 is 0.823. The number of carboxylic acid groups (broad SMARTS) is 1. The summed E-state index contributed by atoms with van der Waals surface area (Å²) in [6, 6.07) is 14.1. The molecular formula is C28H29F3N2O4S. The van der Waals surface area contributed by atoms with Crippen molar-refractivity contribution in [1.29, 1.82) is 0 Å². The topological polar surface area (TPSA) is 70.1 Å². The molecule has 0 spiro atoms. The van der Waals surface area contributed by atoms with Crippen LogP contribution in [0.3, 0.4) is 0 Å². The van der Waals surface area contributed by atoms with E-state index in [0.29, 0.717) is 49.4 Å². The van der Waals surface area contributed by atoms with E-state index in [0.717, 1.165) is 29.4 Å². The molecule has 0 bridgehead atoms. The number of carbonyl (C=O) groups is 2. The van der Waals surface area contributed by atoms with Crippen molar-refractivity contribution in [3.8, 4) is 5.75 Å². The van der Waals surface area contributed by atoms with Gasteiger partial charge in [-0.05, 0) is 67.1 Å². The highest BCUT2D eigenvalue weighted by Crippen LogP contribution is 2.50. The first-order valence-electron chi connectivity index (χ1n) is 12.7. The fourth-order valence-electron chi connectivity index (χ4n) is 5.41. The lowest BCUT2D eigenvalue weighted by Gasteiger charge is -2.31. The van der Waals surface area contributed by atoms with Gasteiger partial charge in [-0.1, -0.05) is 30.3 Å². The molecule has 202 valence electrons. The second-order valence-corrected chi connectivity index (χ2v) is 11.2. The van der Waals surface area contributed by atoms with Crippen molar-refractivity contribution in [2.75, 3.05) is 37.7 Å². The molecule has 2 aromatic carbocycles. The van der Waals surface area contributed by atoms with Gasteiger partial charge in [0.1, 0.15) is 12.4 Å². The zero-order valence-electron chi connectivity index (χ0n) is 20.7. The number of benzene rings is 2. The molecule has 1 amide bonds. The quantitative estimate of drug-likeness (QED) is 0.513. The Morgan fingerprint density at radius 1 is 1.11 bits per heavy atom. The van der Waals surface area contributed by atoms with Gasteiger partial charge in [0.05, 0.1) is 17.4 Å². The fraction of sp³-hybridized carbons (Fsp3) is 0.429. The van der Waals surface area contributed by atoms with E-state index in [1.807, 2.05) is 17.0 Å². The molecule has 0 aromatic heterocycles. The minimum Gasteiger partial charge on any atom is -0.492 e. The van der Waals surface area contributed by atoms with E-state index >= 15 is 0 Å². The molecule has 2 aromatic rings. The molecule has 3 aliphatic heterocycles. The van der Waals surface area contributed by atoms with E-state index in [2.05, 4.69) is 0 Å². The molecule has 38 heavy (non-hydrogen) atoms. The normalized spacial score (nSPS) is 22.0. The second kappa shape index (κ2) is 11.0. The number of fused-ring (bicyclic) bond motifs is 1. The average molecular weight is 547 g/mol. The Hall–Kier alpha value is -2.98. The minimum atomic E-state index is -4.41. The van der Waals surface area contributed by atoms with Gasteiger partial charge in [0.2, 0.25) is 5.91 Å². The summed E-state index contributed by atoms with van der Waals surface area (Å²) < 4.78 is 47.1. The molecule has 5 rings (SSSR count). The Bertz CT molecular complexity index is 1230. The predicted octanol–water partition coefficient (Wildman–Crippen LogP) is 5.23. The van der Waals surface area contributed by atoms with Crippen LogP contribution in [0.1, 0.15) is 30.4 Å². The molecule has 0 aliphatic carbocycles. The van der Waals surface area contributed by atoms with Crippen LogP contribution in [0.15, 0.2) is 53.4 Å². The van der Waals surface area contributed by atoms with Crippen LogP contribution in [0.5, 0.6) is 5.75 Å². The number of piperidine rings is 1. The van der Waals surface area contributed by atoms with Gasteiger partial charge in [-0.2, -0.15) is 13.2 Å². The van der Waals surface area contributed by atoms with Crippen molar-refractivity contribution in [2.45, 2.75) is 37.1 Å². The highest BCUT2D eigenvalue weighted by atomic mass is 32.2. The van der Waals surface area contributed by atoms with Gasteiger partial charge in [-0.3, -0.25) is 14.5 Å². The number of alkyl halides is 3.